The molecular weight excluding hydrogens is 526 g/mol. The lowest BCUT2D eigenvalue weighted by Gasteiger charge is -2.14. The molecule has 0 bridgehead atoms. The number of hydrogen-bond acceptors (Lipinski definition) is 8. The maximum atomic E-state index is 11.6. The number of nitrogens with one attached hydrogen (secondary N) is 1. The van der Waals surface area contributed by atoms with Crippen LogP contribution >= 0.6 is 11.6 Å². The second-order valence-electron chi connectivity index (χ2n) is 8.47. The summed E-state index contributed by atoms with van der Waals surface area (Å²) in [7, 11) is -1.98. The van der Waals surface area contributed by atoms with Gasteiger partial charge in [0, 0.05) is 12.7 Å². The van der Waals surface area contributed by atoms with E-state index in [-0.39, 0.29) is 16.7 Å². The van der Waals surface area contributed by atoms with Crippen molar-refractivity contribution in [2.24, 2.45) is 12.2 Å². The molecule has 0 unspecified atom stereocenters. The molecule has 0 aliphatic heterocycles. The van der Waals surface area contributed by atoms with Gasteiger partial charge in [-0.05, 0) is 72.1 Å². The predicted octanol–water partition coefficient (Wildman–Crippen LogP) is 5.05. The number of ether oxygens (including phenoxy) is 1. The molecule has 3 aromatic carbocycles. The third kappa shape index (κ3) is 5.01. The van der Waals surface area contributed by atoms with Gasteiger partial charge in [-0.25, -0.2) is 18.5 Å². The first-order valence-corrected chi connectivity index (χ1v) is 13.1. The van der Waals surface area contributed by atoms with Crippen molar-refractivity contribution in [3.8, 4) is 28.8 Å². The third-order valence-corrected chi connectivity index (χ3v) is 6.96. The van der Waals surface area contributed by atoms with Gasteiger partial charge < -0.3 is 14.6 Å². The molecule has 3 N–H and O–H groups in total. The van der Waals surface area contributed by atoms with E-state index in [9.17, 15) is 8.42 Å². The summed E-state index contributed by atoms with van der Waals surface area (Å²) in [6.45, 7) is 1.85. The van der Waals surface area contributed by atoms with E-state index < -0.39 is 10.0 Å². The normalized spacial score (nSPS) is 11.3. The number of nitrogens with zero attached hydrogens (tertiary/aromatic N) is 5. The van der Waals surface area contributed by atoms with E-state index >= 15 is 0 Å². The fourth-order valence-corrected chi connectivity index (χ4v) is 4.69. The second kappa shape index (κ2) is 9.75. The molecular formula is C26H20ClN7O3S. The summed E-state index contributed by atoms with van der Waals surface area (Å²) in [6, 6.07) is 18.8. The van der Waals surface area contributed by atoms with Gasteiger partial charge in [0.1, 0.15) is 0 Å². The number of rotatable bonds is 6. The zero-order valence-corrected chi connectivity index (χ0v) is 21.7. The van der Waals surface area contributed by atoms with Crippen LogP contribution in [0.3, 0.4) is 0 Å². The van der Waals surface area contributed by atoms with Gasteiger partial charge in [-0.2, -0.15) is 15.2 Å². The summed E-state index contributed by atoms with van der Waals surface area (Å²) in [5, 5.41) is 17.7. The number of aryl methyl sites for hydroxylation is 2. The Morgan fingerprint density at radius 2 is 1.76 bits per heavy atom. The molecule has 190 valence electrons. The lowest BCUT2D eigenvalue weighted by atomic mass is 10.0. The van der Waals surface area contributed by atoms with E-state index in [4.69, 9.17) is 26.7 Å². The first-order valence-electron chi connectivity index (χ1n) is 11.2. The summed E-state index contributed by atoms with van der Waals surface area (Å²) in [5.74, 6) is 0.916. The molecule has 2 heterocycles. The molecule has 0 saturated carbocycles. The molecule has 2 aromatic heterocycles. The third-order valence-electron chi connectivity index (χ3n) is 5.75. The maximum absolute atomic E-state index is 11.6. The molecule has 5 aromatic rings. The Hall–Kier alpha value is -4.50. The van der Waals surface area contributed by atoms with Crippen LogP contribution in [-0.4, -0.2) is 27.9 Å². The summed E-state index contributed by atoms with van der Waals surface area (Å²) >= 11 is 6.65. The van der Waals surface area contributed by atoms with Crippen LogP contribution in [0.15, 0.2) is 71.9 Å². The number of sulfonamides is 1. The SMILES string of the molecule is Cc1cc(-c2ccc(S(N)(=O)=O)cc2)cc(Cl)c1Oc1nc(Nc2ccc(C#N)cc2)nc2ncn(C)c12. The molecule has 38 heavy (non-hydrogen) atoms. The molecule has 0 aliphatic rings. The van der Waals surface area contributed by atoms with Gasteiger partial charge in [0.05, 0.1) is 27.9 Å². The van der Waals surface area contributed by atoms with Crippen molar-refractivity contribution in [3.63, 3.8) is 0 Å². The van der Waals surface area contributed by atoms with E-state index in [1.54, 1.807) is 53.4 Å². The zero-order chi connectivity index (χ0) is 27.0. The van der Waals surface area contributed by atoms with Gasteiger partial charge in [0.15, 0.2) is 16.9 Å². The van der Waals surface area contributed by atoms with Crippen LogP contribution < -0.4 is 15.2 Å². The van der Waals surface area contributed by atoms with Crippen molar-refractivity contribution < 1.29 is 13.2 Å². The molecule has 0 aliphatic carbocycles. The van der Waals surface area contributed by atoms with Crippen LogP contribution in [0.25, 0.3) is 22.3 Å². The number of fused-ring (bicyclic) bond motifs is 1. The van der Waals surface area contributed by atoms with Crippen molar-refractivity contribution in [1.82, 2.24) is 19.5 Å². The van der Waals surface area contributed by atoms with Gasteiger partial charge in [0.2, 0.25) is 16.0 Å². The Bertz CT molecular complexity index is 1810. The first kappa shape index (κ1) is 25.2. The number of primary sulfonamides is 1. The van der Waals surface area contributed by atoms with E-state index in [1.807, 2.05) is 20.0 Å². The van der Waals surface area contributed by atoms with Crippen LogP contribution in [0.4, 0.5) is 11.6 Å². The lowest BCUT2D eigenvalue weighted by molar-refractivity contribution is 0.463. The average Bonchev–Trinajstić information content (AvgIpc) is 3.26. The molecule has 0 atom stereocenters. The quantitative estimate of drug-likeness (QED) is 0.301. The van der Waals surface area contributed by atoms with Crippen LogP contribution in [-0.2, 0) is 17.1 Å². The molecule has 10 nitrogen and oxygen atoms in total. The highest BCUT2D eigenvalue weighted by atomic mass is 35.5. The Morgan fingerprint density at radius 3 is 2.39 bits per heavy atom. The summed E-state index contributed by atoms with van der Waals surface area (Å²) in [4.78, 5) is 13.4. The van der Waals surface area contributed by atoms with Gasteiger partial charge in [-0.15, -0.1) is 0 Å². The number of hydrogen-bond donors (Lipinski definition) is 2. The number of nitrogens with two attached hydrogens (primary N) is 1. The number of aromatic nitrogens is 4. The van der Waals surface area contributed by atoms with Crippen LogP contribution in [0.2, 0.25) is 5.02 Å². The number of anilines is 2. The molecule has 0 saturated heterocycles. The average molecular weight is 546 g/mol. The van der Waals surface area contributed by atoms with Gasteiger partial charge in [-0.1, -0.05) is 23.7 Å². The fraction of sp³-hybridized carbons (Fsp3) is 0.0769. The number of benzene rings is 3. The van der Waals surface area contributed by atoms with Gasteiger partial charge >= 0.3 is 0 Å². The summed E-state index contributed by atoms with van der Waals surface area (Å²) in [5.41, 5.74) is 4.50. The second-order valence-corrected chi connectivity index (χ2v) is 10.4. The Kier molecular flexibility index (Phi) is 6.46. The topological polar surface area (TPSA) is 149 Å². The van der Waals surface area contributed by atoms with Crippen molar-refractivity contribution in [2.75, 3.05) is 5.32 Å². The highest BCUT2D eigenvalue weighted by Crippen LogP contribution is 2.38. The molecule has 0 fully saturated rings. The molecule has 5 rings (SSSR count). The lowest BCUT2D eigenvalue weighted by Crippen LogP contribution is -2.11. The Labute approximate surface area is 223 Å². The van der Waals surface area contributed by atoms with E-state index in [0.29, 0.717) is 33.2 Å². The highest BCUT2D eigenvalue weighted by Gasteiger charge is 2.18. The highest BCUT2D eigenvalue weighted by molar-refractivity contribution is 7.89. The fourth-order valence-electron chi connectivity index (χ4n) is 3.87. The van der Waals surface area contributed by atoms with Crippen molar-refractivity contribution in [3.05, 3.63) is 83.1 Å². The number of nitriles is 1. The standard InChI is InChI=1S/C26H20ClN7O3S/c1-15-11-18(17-5-9-20(10-6-17)38(29,35)36)12-21(27)23(15)37-25-22-24(30-14-34(22)2)32-26(33-25)31-19-7-3-16(13-28)4-8-19/h3-12,14H,1-2H3,(H2,29,35,36)(H,31,32,33). The number of imidazole rings is 1. The summed E-state index contributed by atoms with van der Waals surface area (Å²) in [6.07, 6.45) is 1.61. The van der Waals surface area contributed by atoms with Crippen LogP contribution in [0.1, 0.15) is 11.1 Å². The molecule has 0 spiro atoms. The minimum absolute atomic E-state index is 0.0263. The maximum Gasteiger partial charge on any atom is 0.250 e. The minimum Gasteiger partial charge on any atom is -0.435 e. The smallest absolute Gasteiger partial charge is 0.250 e. The van der Waals surface area contributed by atoms with Crippen molar-refractivity contribution in [2.45, 2.75) is 11.8 Å². The van der Waals surface area contributed by atoms with Crippen LogP contribution in [0.5, 0.6) is 11.6 Å². The van der Waals surface area contributed by atoms with Gasteiger partial charge in [-0.3, -0.25) is 0 Å². The van der Waals surface area contributed by atoms with Crippen molar-refractivity contribution in [1.29, 1.82) is 5.26 Å². The monoisotopic (exact) mass is 545 g/mol. The predicted molar refractivity (Wildman–Crippen MR) is 144 cm³/mol. The van der Waals surface area contributed by atoms with Crippen molar-refractivity contribution >= 4 is 44.4 Å². The Balaban J connectivity index is 1.50. The number of halogens is 1. The summed E-state index contributed by atoms with van der Waals surface area (Å²) < 4.78 is 31.1. The zero-order valence-electron chi connectivity index (χ0n) is 20.2. The first-order chi connectivity index (χ1) is 18.1. The molecule has 0 radical (unpaired) electrons. The van der Waals surface area contributed by atoms with E-state index in [1.165, 1.54) is 12.1 Å². The van der Waals surface area contributed by atoms with Crippen LogP contribution in [0, 0.1) is 18.3 Å². The van der Waals surface area contributed by atoms with E-state index in [0.717, 1.165) is 16.7 Å². The minimum atomic E-state index is -3.79. The molecule has 0 amide bonds. The molecule has 12 heteroatoms. The largest absolute Gasteiger partial charge is 0.435 e. The Morgan fingerprint density at radius 1 is 1.05 bits per heavy atom. The van der Waals surface area contributed by atoms with E-state index in [2.05, 4.69) is 26.3 Å². The van der Waals surface area contributed by atoms with Gasteiger partial charge in [0.25, 0.3) is 5.88 Å².